The van der Waals surface area contributed by atoms with E-state index in [2.05, 4.69) is 5.32 Å². The molecule has 0 radical (unpaired) electrons. The molecule has 0 aromatic heterocycles. The molecule has 1 amide bonds. The standard InChI is InChI=1S/C14H18N2O8/c1-7(18)15-11-13(20)12(19)10(6-17)24-14(11)23-9-4-2-8(3-5-9)16(21)22/h2-5,10-14,17,19-20H,6H2,1H3,(H,15,18). The molecule has 4 N–H and O–H groups in total. The van der Waals surface area contributed by atoms with Crippen LogP contribution in [0.25, 0.3) is 0 Å². The molecule has 1 fully saturated rings. The van der Waals surface area contributed by atoms with E-state index in [1.165, 1.54) is 31.2 Å². The third-order valence-corrected chi connectivity index (χ3v) is 3.55. The van der Waals surface area contributed by atoms with Crippen molar-refractivity contribution < 1.29 is 34.5 Å². The molecule has 10 heteroatoms. The van der Waals surface area contributed by atoms with Gasteiger partial charge in [-0.05, 0) is 12.1 Å². The van der Waals surface area contributed by atoms with Crippen molar-refractivity contribution in [2.24, 2.45) is 0 Å². The molecular weight excluding hydrogens is 324 g/mol. The molecule has 1 aliphatic rings. The van der Waals surface area contributed by atoms with Crippen molar-refractivity contribution >= 4 is 11.6 Å². The van der Waals surface area contributed by atoms with E-state index >= 15 is 0 Å². The lowest BCUT2D eigenvalue weighted by Crippen LogP contribution is -2.65. The summed E-state index contributed by atoms with van der Waals surface area (Å²) >= 11 is 0. The van der Waals surface area contributed by atoms with Gasteiger partial charge >= 0.3 is 0 Å². The topological polar surface area (TPSA) is 151 Å². The van der Waals surface area contributed by atoms with Gasteiger partial charge in [-0.2, -0.15) is 0 Å². The van der Waals surface area contributed by atoms with Crippen LogP contribution in [0, 0.1) is 10.1 Å². The third kappa shape index (κ3) is 3.97. The number of rotatable bonds is 5. The highest BCUT2D eigenvalue weighted by atomic mass is 16.7. The summed E-state index contributed by atoms with van der Waals surface area (Å²) in [6, 6.07) is 4.02. The fourth-order valence-electron chi connectivity index (χ4n) is 2.35. The zero-order valence-corrected chi connectivity index (χ0v) is 12.7. The normalized spacial score (nSPS) is 29.8. The summed E-state index contributed by atoms with van der Waals surface area (Å²) in [5.74, 6) is -0.282. The van der Waals surface area contributed by atoms with Crippen molar-refractivity contribution in [3.63, 3.8) is 0 Å². The van der Waals surface area contributed by atoms with Crippen molar-refractivity contribution in [3.8, 4) is 5.75 Å². The molecular formula is C14H18N2O8. The first kappa shape index (κ1) is 18.1. The fraction of sp³-hybridized carbons (Fsp3) is 0.500. The van der Waals surface area contributed by atoms with Gasteiger partial charge < -0.3 is 30.1 Å². The van der Waals surface area contributed by atoms with Crippen LogP contribution in [0.5, 0.6) is 5.75 Å². The lowest BCUT2D eigenvalue weighted by Gasteiger charge is -2.42. The van der Waals surface area contributed by atoms with E-state index in [1.54, 1.807) is 0 Å². The predicted octanol–water partition coefficient (Wildman–Crippen LogP) is -1.08. The van der Waals surface area contributed by atoms with Gasteiger partial charge in [-0.15, -0.1) is 0 Å². The number of hydrogen-bond acceptors (Lipinski definition) is 8. The molecule has 0 spiro atoms. The predicted molar refractivity (Wildman–Crippen MR) is 79.1 cm³/mol. The number of nitrogens with one attached hydrogen (secondary N) is 1. The fourth-order valence-corrected chi connectivity index (χ4v) is 2.35. The molecule has 132 valence electrons. The number of carbonyl (C=O) groups excluding carboxylic acids is 1. The van der Waals surface area contributed by atoms with Crippen molar-refractivity contribution in [2.45, 2.75) is 37.6 Å². The van der Waals surface area contributed by atoms with Gasteiger partial charge in [-0.3, -0.25) is 14.9 Å². The van der Waals surface area contributed by atoms with Gasteiger partial charge in [0.2, 0.25) is 12.2 Å². The van der Waals surface area contributed by atoms with Crippen molar-refractivity contribution in [1.82, 2.24) is 5.32 Å². The molecule has 0 aliphatic carbocycles. The van der Waals surface area contributed by atoms with Gasteiger partial charge in [0.15, 0.2) is 0 Å². The molecule has 1 aliphatic heterocycles. The highest BCUT2D eigenvalue weighted by Crippen LogP contribution is 2.25. The Kier molecular flexibility index (Phi) is 5.67. The monoisotopic (exact) mass is 342 g/mol. The maximum Gasteiger partial charge on any atom is 0.269 e. The Hall–Kier alpha value is -2.27. The minimum atomic E-state index is -1.43. The van der Waals surface area contributed by atoms with Crippen LogP contribution in [0.4, 0.5) is 5.69 Å². The van der Waals surface area contributed by atoms with Crippen molar-refractivity contribution in [1.29, 1.82) is 0 Å². The van der Waals surface area contributed by atoms with Crippen LogP contribution in [0.1, 0.15) is 6.92 Å². The number of hydrogen-bond donors (Lipinski definition) is 4. The zero-order chi connectivity index (χ0) is 17.9. The van der Waals surface area contributed by atoms with Crippen LogP contribution in [0.15, 0.2) is 24.3 Å². The highest BCUT2D eigenvalue weighted by Gasteiger charge is 2.46. The molecule has 1 heterocycles. The van der Waals surface area contributed by atoms with E-state index in [1.807, 2.05) is 0 Å². The first-order valence-electron chi connectivity index (χ1n) is 7.14. The molecule has 5 unspecified atom stereocenters. The van der Waals surface area contributed by atoms with E-state index < -0.39 is 48.1 Å². The molecule has 0 bridgehead atoms. The SMILES string of the molecule is CC(=O)NC1C(Oc2ccc([N+](=O)[O-])cc2)OC(CO)C(O)C1O. The Bertz CT molecular complexity index is 593. The number of nitrogens with zero attached hydrogens (tertiary/aromatic N) is 1. The number of nitro groups is 1. The smallest absolute Gasteiger partial charge is 0.269 e. The Morgan fingerprint density at radius 2 is 1.96 bits per heavy atom. The van der Waals surface area contributed by atoms with Crippen LogP contribution in [0.3, 0.4) is 0 Å². The van der Waals surface area contributed by atoms with Gasteiger partial charge in [0.05, 0.1) is 11.5 Å². The Balaban J connectivity index is 2.19. The number of benzene rings is 1. The Morgan fingerprint density at radius 3 is 2.46 bits per heavy atom. The number of ether oxygens (including phenoxy) is 2. The Morgan fingerprint density at radius 1 is 1.33 bits per heavy atom. The van der Waals surface area contributed by atoms with Gasteiger partial charge in [0.25, 0.3) is 5.69 Å². The summed E-state index contributed by atoms with van der Waals surface area (Å²) in [7, 11) is 0. The Labute approximate surface area is 136 Å². The summed E-state index contributed by atoms with van der Waals surface area (Å²) in [5, 5.41) is 42.3. The molecule has 24 heavy (non-hydrogen) atoms. The molecule has 1 aromatic rings. The number of carbonyl (C=O) groups is 1. The average molecular weight is 342 g/mol. The second-order valence-corrected chi connectivity index (χ2v) is 5.30. The van der Waals surface area contributed by atoms with Crippen molar-refractivity contribution in [2.75, 3.05) is 6.61 Å². The molecule has 1 aromatic carbocycles. The van der Waals surface area contributed by atoms with Crippen LogP contribution >= 0.6 is 0 Å². The van der Waals surface area contributed by atoms with E-state index in [0.29, 0.717) is 0 Å². The van der Waals surface area contributed by atoms with Crippen LogP contribution in [-0.2, 0) is 9.53 Å². The first-order chi connectivity index (χ1) is 11.3. The summed E-state index contributed by atoms with van der Waals surface area (Å²) in [6.45, 7) is 0.658. The lowest BCUT2D eigenvalue weighted by atomic mass is 9.97. The van der Waals surface area contributed by atoms with Crippen LogP contribution in [0.2, 0.25) is 0 Å². The lowest BCUT2D eigenvalue weighted by molar-refractivity contribution is -0.384. The minimum absolute atomic E-state index is 0.131. The number of nitro benzene ring substituents is 1. The maximum atomic E-state index is 11.3. The summed E-state index contributed by atoms with van der Waals surface area (Å²) in [4.78, 5) is 21.4. The maximum absolute atomic E-state index is 11.3. The second kappa shape index (κ2) is 7.53. The average Bonchev–Trinajstić information content (AvgIpc) is 2.54. The van der Waals surface area contributed by atoms with Gasteiger partial charge in [-0.25, -0.2) is 0 Å². The van der Waals surface area contributed by atoms with Gasteiger partial charge in [0, 0.05) is 19.1 Å². The molecule has 0 saturated carbocycles. The van der Waals surface area contributed by atoms with Crippen LogP contribution in [-0.4, -0.2) is 63.4 Å². The van der Waals surface area contributed by atoms with Gasteiger partial charge in [0.1, 0.15) is 30.1 Å². The molecule has 1 saturated heterocycles. The van der Waals surface area contributed by atoms with E-state index in [0.717, 1.165) is 0 Å². The summed E-state index contributed by atoms with van der Waals surface area (Å²) < 4.78 is 10.9. The summed E-state index contributed by atoms with van der Waals surface area (Å²) in [6.07, 6.45) is -5.15. The number of aliphatic hydroxyl groups is 3. The third-order valence-electron chi connectivity index (χ3n) is 3.55. The first-order valence-corrected chi connectivity index (χ1v) is 7.14. The second-order valence-electron chi connectivity index (χ2n) is 5.30. The van der Waals surface area contributed by atoms with Crippen LogP contribution < -0.4 is 10.1 Å². The quantitative estimate of drug-likeness (QED) is 0.389. The van der Waals surface area contributed by atoms with Crippen molar-refractivity contribution in [3.05, 3.63) is 34.4 Å². The number of aliphatic hydroxyl groups excluding tert-OH is 3. The molecule has 10 nitrogen and oxygen atoms in total. The summed E-state index contributed by atoms with van der Waals surface area (Å²) in [5.41, 5.74) is -0.131. The number of amides is 1. The molecule has 5 atom stereocenters. The number of non-ortho nitro benzene ring substituents is 1. The van der Waals surface area contributed by atoms with Gasteiger partial charge in [-0.1, -0.05) is 0 Å². The largest absolute Gasteiger partial charge is 0.463 e. The molecule has 2 rings (SSSR count). The van der Waals surface area contributed by atoms with E-state index in [-0.39, 0.29) is 11.4 Å². The minimum Gasteiger partial charge on any atom is -0.463 e. The van der Waals surface area contributed by atoms with E-state index in [4.69, 9.17) is 9.47 Å². The zero-order valence-electron chi connectivity index (χ0n) is 12.7. The highest BCUT2D eigenvalue weighted by molar-refractivity contribution is 5.73. The van der Waals surface area contributed by atoms with E-state index in [9.17, 15) is 30.2 Å².